The van der Waals surface area contributed by atoms with Crippen LogP contribution in [0.4, 0.5) is 10.3 Å². The van der Waals surface area contributed by atoms with Gasteiger partial charge in [0.25, 0.3) is 0 Å². The first-order valence-corrected chi connectivity index (χ1v) is 12.8. The summed E-state index contributed by atoms with van der Waals surface area (Å²) in [6, 6.07) is 6.92. The Morgan fingerprint density at radius 3 is 2.49 bits per heavy atom. The summed E-state index contributed by atoms with van der Waals surface area (Å²) in [6.45, 7) is 12.3. The number of benzene rings is 1. The average Bonchev–Trinajstić information content (AvgIpc) is 3.24. The second-order valence-electron chi connectivity index (χ2n) is 10.1. The van der Waals surface area contributed by atoms with Crippen molar-refractivity contribution in [3.05, 3.63) is 59.8 Å². The Balaban J connectivity index is 1.20. The number of allylic oxidation sites excluding steroid dienone is 1. The smallest absolute Gasteiger partial charge is 0.219 e. The molecule has 8 heteroatoms. The van der Waals surface area contributed by atoms with Gasteiger partial charge in [-0.25, -0.2) is 19.3 Å². The Bertz CT molecular complexity index is 1190. The van der Waals surface area contributed by atoms with Gasteiger partial charge in [-0.3, -0.25) is 4.90 Å². The quantitative estimate of drug-likeness (QED) is 0.566. The molecule has 0 amide bonds. The summed E-state index contributed by atoms with van der Waals surface area (Å²) in [5.41, 5.74) is 9.42. The van der Waals surface area contributed by atoms with Gasteiger partial charge >= 0.3 is 0 Å². The Morgan fingerprint density at radius 2 is 1.83 bits per heavy atom. The summed E-state index contributed by atoms with van der Waals surface area (Å²) >= 11 is 0. The van der Waals surface area contributed by atoms with Crippen LogP contribution in [0.2, 0.25) is 0 Å². The first-order chi connectivity index (χ1) is 16.9. The second kappa shape index (κ2) is 9.57. The first kappa shape index (κ1) is 23.7. The number of alkyl halides is 1. The van der Waals surface area contributed by atoms with Crippen LogP contribution in [0.3, 0.4) is 0 Å². The summed E-state index contributed by atoms with van der Waals surface area (Å²) in [5.74, 6) is 1.42. The van der Waals surface area contributed by atoms with Gasteiger partial charge in [-0.15, -0.1) is 0 Å². The Morgan fingerprint density at radius 1 is 1.14 bits per heavy atom. The molecule has 2 aromatic heterocycles. The lowest BCUT2D eigenvalue weighted by Gasteiger charge is -2.44. The molecule has 2 fully saturated rings. The maximum atomic E-state index is 16.0. The number of hydrogen-bond donors (Lipinski definition) is 1. The highest BCUT2D eigenvalue weighted by Crippen LogP contribution is 2.38. The lowest BCUT2D eigenvalue weighted by atomic mass is 9.88. The SMILES string of the molecule is C=C(N1CCC(n2c(CC)nc3cc(C)ccc32)CC1)C1(F)CCN(Cc2cnc(N)nc2)CC1. The molecule has 0 aliphatic carbocycles. The second-order valence-corrected chi connectivity index (χ2v) is 10.1. The van der Waals surface area contributed by atoms with Crippen LogP contribution in [-0.4, -0.2) is 61.2 Å². The van der Waals surface area contributed by atoms with Gasteiger partial charge in [0.05, 0.1) is 11.0 Å². The molecule has 0 saturated carbocycles. The molecule has 0 unspecified atom stereocenters. The van der Waals surface area contributed by atoms with Crippen molar-refractivity contribution in [1.29, 1.82) is 0 Å². The van der Waals surface area contributed by atoms with E-state index < -0.39 is 5.67 Å². The molecule has 7 nitrogen and oxygen atoms in total. The number of nitrogens with two attached hydrogens (primary N) is 1. The van der Waals surface area contributed by atoms with Crippen LogP contribution in [0.5, 0.6) is 0 Å². The van der Waals surface area contributed by atoms with Gasteiger partial charge in [-0.2, -0.15) is 0 Å². The maximum Gasteiger partial charge on any atom is 0.219 e. The molecule has 2 saturated heterocycles. The first-order valence-electron chi connectivity index (χ1n) is 12.8. The molecule has 0 bridgehead atoms. The van der Waals surface area contributed by atoms with E-state index in [1.54, 1.807) is 12.4 Å². The number of halogens is 1. The number of piperidine rings is 2. The zero-order valence-corrected chi connectivity index (χ0v) is 20.9. The lowest BCUT2D eigenvalue weighted by molar-refractivity contribution is 0.0521. The van der Waals surface area contributed by atoms with Crippen LogP contribution in [0.25, 0.3) is 11.0 Å². The summed E-state index contributed by atoms with van der Waals surface area (Å²) in [5, 5.41) is 0. The number of nitrogens with zero attached hydrogens (tertiary/aromatic N) is 6. The number of likely N-dealkylation sites (tertiary alicyclic amines) is 2. The van der Waals surface area contributed by atoms with Gasteiger partial charge in [0.15, 0.2) is 5.67 Å². The summed E-state index contributed by atoms with van der Waals surface area (Å²) in [7, 11) is 0. The minimum Gasteiger partial charge on any atom is -0.373 e. The lowest BCUT2D eigenvalue weighted by Crippen LogP contribution is -2.47. The van der Waals surface area contributed by atoms with Crippen LogP contribution >= 0.6 is 0 Å². The third-order valence-electron chi connectivity index (χ3n) is 7.74. The van der Waals surface area contributed by atoms with E-state index in [0.29, 0.717) is 44.2 Å². The third kappa shape index (κ3) is 4.76. The Labute approximate surface area is 206 Å². The average molecular weight is 478 g/mol. The Hall–Kier alpha value is -3.00. The minimum absolute atomic E-state index is 0.275. The standard InChI is InChI=1S/C27H36FN7/c1-4-25-32-23-15-19(2)5-6-24(23)35(25)22-7-11-34(12-8-22)20(3)27(28)9-13-33(14-10-27)18-21-16-30-26(29)31-17-21/h5-6,15-17,22H,3-4,7-14,18H2,1-2H3,(H2,29,30,31). The molecule has 35 heavy (non-hydrogen) atoms. The van der Waals surface area contributed by atoms with E-state index in [4.69, 9.17) is 10.7 Å². The monoisotopic (exact) mass is 477 g/mol. The van der Waals surface area contributed by atoms with Crippen molar-refractivity contribution in [2.45, 2.75) is 64.2 Å². The molecule has 2 N–H and O–H groups in total. The zero-order valence-electron chi connectivity index (χ0n) is 20.9. The highest BCUT2D eigenvalue weighted by Gasteiger charge is 2.40. The molecule has 4 heterocycles. The number of fused-ring (bicyclic) bond motifs is 1. The molecule has 0 spiro atoms. The van der Waals surface area contributed by atoms with Gasteiger partial charge < -0.3 is 15.2 Å². The topological polar surface area (TPSA) is 76.1 Å². The number of hydrogen-bond acceptors (Lipinski definition) is 6. The zero-order chi connectivity index (χ0) is 24.6. The Kier molecular flexibility index (Phi) is 6.49. The molecule has 186 valence electrons. The van der Waals surface area contributed by atoms with E-state index in [-0.39, 0.29) is 5.95 Å². The van der Waals surface area contributed by atoms with Crippen LogP contribution in [0.15, 0.2) is 42.9 Å². The number of imidazole rings is 1. The number of nitrogen functional groups attached to an aromatic ring is 1. The number of anilines is 1. The van der Waals surface area contributed by atoms with Crippen molar-refractivity contribution in [1.82, 2.24) is 29.3 Å². The van der Waals surface area contributed by atoms with Gasteiger partial charge in [0.2, 0.25) is 5.95 Å². The fourth-order valence-electron chi connectivity index (χ4n) is 5.65. The molecule has 3 aromatic rings. The van der Waals surface area contributed by atoms with Crippen molar-refractivity contribution >= 4 is 17.0 Å². The highest BCUT2D eigenvalue weighted by atomic mass is 19.1. The fraction of sp³-hybridized carbons (Fsp3) is 0.519. The van der Waals surface area contributed by atoms with Gasteiger partial charge in [-0.05, 0) is 50.3 Å². The molecule has 2 aliphatic heterocycles. The van der Waals surface area contributed by atoms with Crippen molar-refractivity contribution in [3.63, 3.8) is 0 Å². The number of aromatic nitrogens is 4. The third-order valence-corrected chi connectivity index (χ3v) is 7.74. The van der Waals surface area contributed by atoms with Crippen molar-refractivity contribution < 1.29 is 4.39 Å². The summed E-state index contributed by atoms with van der Waals surface area (Å²) in [4.78, 5) is 17.5. The van der Waals surface area contributed by atoms with Crippen LogP contribution in [0, 0.1) is 6.92 Å². The molecule has 2 aliphatic rings. The largest absolute Gasteiger partial charge is 0.373 e. The summed E-state index contributed by atoms with van der Waals surface area (Å²) < 4.78 is 18.5. The summed E-state index contributed by atoms with van der Waals surface area (Å²) in [6.07, 6.45) is 7.29. The molecule has 5 rings (SSSR count). The normalized spacial score (nSPS) is 19.3. The van der Waals surface area contributed by atoms with Gasteiger partial charge in [0, 0.05) is 68.8 Å². The van der Waals surface area contributed by atoms with Crippen molar-refractivity contribution in [3.8, 4) is 0 Å². The number of rotatable bonds is 6. The molecule has 0 radical (unpaired) electrons. The predicted molar refractivity (Wildman–Crippen MR) is 138 cm³/mol. The van der Waals surface area contributed by atoms with Crippen molar-refractivity contribution in [2.24, 2.45) is 0 Å². The van der Waals surface area contributed by atoms with Crippen molar-refractivity contribution in [2.75, 3.05) is 31.9 Å². The highest BCUT2D eigenvalue weighted by molar-refractivity contribution is 5.77. The molecular weight excluding hydrogens is 441 g/mol. The van der Waals surface area contributed by atoms with Crippen LogP contribution in [-0.2, 0) is 13.0 Å². The molecule has 0 atom stereocenters. The van der Waals surface area contributed by atoms with Gasteiger partial charge in [0.1, 0.15) is 5.82 Å². The molecular formula is C27H36FN7. The van der Waals surface area contributed by atoms with Gasteiger partial charge in [-0.1, -0.05) is 19.6 Å². The van der Waals surface area contributed by atoms with Crippen LogP contribution in [0.1, 0.15) is 55.6 Å². The predicted octanol–water partition coefficient (Wildman–Crippen LogP) is 4.43. The van der Waals surface area contributed by atoms with E-state index in [0.717, 1.165) is 49.3 Å². The number of aryl methyl sites for hydroxylation is 2. The van der Waals surface area contributed by atoms with Crippen LogP contribution < -0.4 is 5.73 Å². The maximum absolute atomic E-state index is 16.0. The molecule has 1 aromatic carbocycles. The van der Waals surface area contributed by atoms with E-state index in [1.807, 2.05) is 0 Å². The van der Waals surface area contributed by atoms with E-state index in [9.17, 15) is 0 Å². The minimum atomic E-state index is -1.34. The fourth-order valence-corrected chi connectivity index (χ4v) is 5.65. The van der Waals surface area contributed by atoms with E-state index in [1.165, 1.54) is 11.1 Å². The van der Waals surface area contributed by atoms with E-state index in [2.05, 4.69) is 63.0 Å². The van der Waals surface area contributed by atoms with E-state index >= 15 is 4.39 Å².